The van der Waals surface area contributed by atoms with Gasteiger partial charge in [-0.1, -0.05) is 42.0 Å². The molecule has 0 bridgehead atoms. The number of benzene rings is 3. The lowest BCUT2D eigenvalue weighted by atomic mass is 10.2. The van der Waals surface area contributed by atoms with Gasteiger partial charge in [-0.15, -0.1) is 0 Å². The topological polar surface area (TPSA) is 76.8 Å². The lowest BCUT2D eigenvalue weighted by Gasteiger charge is -2.07. The van der Waals surface area contributed by atoms with Crippen LogP contribution in [0.25, 0.3) is 0 Å². The van der Waals surface area contributed by atoms with Crippen LogP contribution in [0.5, 0.6) is 5.75 Å². The van der Waals surface area contributed by atoms with Crippen molar-refractivity contribution < 1.29 is 9.66 Å². The van der Waals surface area contributed by atoms with Crippen LogP contribution in [0, 0.1) is 17.0 Å². The number of hydrogen-bond acceptors (Lipinski definition) is 5. The molecule has 0 saturated carbocycles. The smallest absolute Gasteiger partial charge is 0.269 e. The van der Waals surface area contributed by atoms with Gasteiger partial charge in [0.15, 0.2) is 0 Å². The maximum Gasteiger partial charge on any atom is 0.269 e. The Bertz CT molecular complexity index is 936. The molecule has 0 aromatic heterocycles. The molecule has 27 heavy (non-hydrogen) atoms. The number of nitrogens with one attached hydrogen (secondary N) is 1. The summed E-state index contributed by atoms with van der Waals surface area (Å²) in [5.41, 5.74) is 6.77. The van der Waals surface area contributed by atoms with Gasteiger partial charge in [0.1, 0.15) is 12.4 Å². The van der Waals surface area contributed by atoms with E-state index in [1.54, 1.807) is 18.3 Å². The van der Waals surface area contributed by atoms with Crippen LogP contribution in [0.1, 0.15) is 16.7 Å². The van der Waals surface area contributed by atoms with E-state index in [2.05, 4.69) is 41.7 Å². The van der Waals surface area contributed by atoms with Crippen molar-refractivity contribution in [3.8, 4) is 5.75 Å². The first-order chi connectivity index (χ1) is 13.1. The second kappa shape index (κ2) is 8.62. The van der Waals surface area contributed by atoms with Crippen molar-refractivity contribution in [3.05, 3.63) is 99.6 Å². The number of aryl methyl sites for hydroxylation is 1. The summed E-state index contributed by atoms with van der Waals surface area (Å²) in [5.74, 6) is 0.759. The van der Waals surface area contributed by atoms with Gasteiger partial charge in [-0.25, -0.2) is 0 Å². The Kier molecular flexibility index (Phi) is 5.79. The minimum Gasteiger partial charge on any atom is -0.489 e. The van der Waals surface area contributed by atoms with E-state index in [0.717, 1.165) is 16.9 Å². The Balaban J connectivity index is 1.57. The van der Waals surface area contributed by atoms with Crippen LogP contribution in [0.15, 0.2) is 77.9 Å². The van der Waals surface area contributed by atoms with Crippen molar-refractivity contribution in [2.75, 3.05) is 5.43 Å². The van der Waals surface area contributed by atoms with Gasteiger partial charge >= 0.3 is 0 Å². The second-order valence-corrected chi connectivity index (χ2v) is 6.02. The summed E-state index contributed by atoms with van der Waals surface area (Å²) in [6.45, 7) is 2.56. The lowest BCUT2D eigenvalue weighted by Crippen LogP contribution is -1.96. The highest BCUT2D eigenvalue weighted by Crippen LogP contribution is 2.16. The normalized spacial score (nSPS) is 10.7. The summed E-state index contributed by atoms with van der Waals surface area (Å²) >= 11 is 0. The molecule has 3 aromatic carbocycles. The molecule has 3 aromatic rings. The molecule has 0 amide bonds. The zero-order valence-electron chi connectivity index (χ0n) is 14.8. The van der Waals surface area contributed by atoms with Gasteiger partial charge in [-0.3, -0.25) is 15.5 Å². The van der Waals surface area contributed by atoms with E-state index >= 15 is 0 Å². The fraction of sp³-hybridized carbons (Fsp3) is 0.0952. The Morgan fingerprint density at radius 1 is 1.07 bits per heavy atom. The number of hydrogen-bond donors (Lipinski definition) is 1. The average molecular weight is 361 g/mol. The summed E-state index contributed by atoms with van der Waals surface area (Å²) in [7, 11) is 0. The highest BCUT2D eigenvalue weighted by molar-refractivity contribution is 5.80. The Labute approximate surface area is 157 Å². The van der Waals surface area contributed by atoms with Crippen molar-refractivity contribution in [1.29, 1.82) is 0 Å². The first-order valence-electron chi connectivity index (χ1n) is 8.42. The van der Waals surface area contributed by atoms with Gasteiger partial charge in [-0.2, -0.15) is 5.10 Å². The van der Waals surface area contributed by atoms with Crippen LogP contribution in [0.4, 0.5) is 11.4 Å². The predicted octanol–water partition coefficient (Wildman–Crippen LogP) is 4.93. The van der Waals surface area contributed by atoms with Gasteiger partial charge in [-0.05, 0) is 42.3 Å². The molecule has 0 aliphatic rings. The van der Waals surface area contributed by atoms with E-state index in [9.17, 15) is 10.1 Å². The third-order valence-electron chi connectivity index (χ3n) is 3.87. The first-order valence-corrected chi connectivity index (χ1v) is 8.42. The SMILES string of the molecule is Cc1ccc(COc2cccc(C=NNc3ccc([N+](=O)[O-])cc3)c2)cc1. The molecule has 0 atom stereocenters. The van der Waals surface area contributed by atoms with Gasteiger partial charge in [0.2, 0.25) is 0 Å². The number of non-ortho nitro benzene ring substituents is 1. The summed E-state index contributed by atoms with van der Waals surface area (Å²) in [5, 5.41) is 14.8. The molecule has 0 spiro atoms. The highest BCUT2D eigenvalue weighted by Gasteiger charge is 2.03. The molecule has 0 fully saturated rings. The minimum absolute atomic E-state index is 0.0444. The van der Waals surface area contributed by atoms with Gasteiger partial charge < -0.3 is 4.74 Å². The second-order valence-electron chi connectivity index (χ2n) is 6.02. The van der Waals surface area contributed by atoms with Gasteiger partial charge in [0.05, 0.1) is 16.8 Å². The summed E-state index contributed by atoms with van der Waals surface area (Å²) in [6.07, 6.45) is 1.67. The van der Waals surface area contributed by atoms with E-state index in [-0.39, 0.29) is 5.69 Å². The fourth-order valence-electron chi connectivity index (χ4n) is 2.37. The third kappa shape index (κ3) is 5.40. The Morgan fingerprint density at radius 2 is 1.81 bits per heavy atom. The molecule has 1 N–H and O–H groups in total. The molecule has 0 aliphatic heterocycles. The highest BCUT2D eigenvalue weighted by atomic mass is 16.6. The minimum atomic E-state index is -0.435. The molecular formula is C21H19N3O3. The molecule has 6 nitrogen and oxygen atoms in total. The number of rotatable bonds is 7. The zero-order chi connectivity index (χ0) is 19.1. The zero-order valence-corrected chi connectivity index (χ0v) is 14.8. The molecule has 0 radical (unpaired) electrons. The molecule has 6 heteroatoms. The molecule has 3 rings (SSSR count). The van der Waals surface area contributed by atoms with E-state index in [4.69, 9.17) is 4.74 Å². The molecule has 0 heterocycles. The summed E-state index contributed by atoms with van der Waals surface area (Å²) in [4.78, 5) is 10.2. The summed E-state index contributed by atoms with van der Waals surface area (Å²) in [6, 6.07) is 21.9. The van der Waals surface area contributed by atoms with Crippen molar-refractivity contribution in [2.24, 2.45) is 5.10 Å². The molecular weight excluding hydrogens is 342 g/mol. The number of nitro benzene ring substituents is 1. The van der Waals surface area contributed by atoms with Crippen LogP contribution in [-0.2, 0) is 6.61 Å². The lowest BCUT2D eigenvalue weighted by molar-refractivity contribution is -0.384. The van der Waals surface area contributed by atoms with Crippen LogP contribution in [0.3, 0.4) is 0 Å². The Hall–Kier alpha value is -3.67. The van der Waals surface area contributed by atoms with Crippen LogP contribution in [0.2, 0.25) is 0 Å². The number of hydrazone groups is 1. The number of nitrogens with zero attached hydrogens (tertiary/aromatic N) is 2. The van der Waals surface area contributed by atoms with E-state index < -0.39 is 4.92 Å². The summed E-state index contributed by atoms with van der Waals surface area (Å²) < 4.78 is 5.83. The average Bonchev–Trinajstić information content (AvgIpc) is 2.68. The van der Waals surface area contributed by atoms with Crippen molar-refractivity contribution in [1.82, 2.24) is 0 Å². The fourth-order valence-corrected chi connectivity index (χ4v) is 2.37. The largest absolute Gasteiger partial charge is 0.489 e. The van der Waals surface area contributed by atoms with Gasteiger partial charge in [0, 0.05) is 12.1 Å². The third-order valence-corrected chi connectivity index (χ3v) is 3.87. The van der Waals surface area contributed by atoms with E-state index in [0.29, 0.717) is 12.3 Å². The van der Waals surface area contributed by atoms with Crippen molar-refractivity contribution in [3.63, 3.8) is 0 Å². The van der Waals surface area contributed by atoms with Crippen LogP contribution >= 0.6 is 0 Å². The maximum atomic E-state index is 10.6. The maximum absolute atomic E-state index is 10.6. The van der Waals surface area contributed by atoms with Crippen LogP contribution < -0.4 is 10.2 Å². The Morgan fingerprint density at radius 3 is 2.52 bits per heavy atom. The standard InChI is InChI=1S/C21H19N3O3/c1-16-5-7-17(8-6-16)15-27-21-4-2-3-18(13-21)14-22-23-19-9-11-20(12-10-19)24(25)26/h2-14,23H,15H2,1H3. The van der Waals surface area contributed by atoms with Crippen molar-refractivity contribution >= 4 is 17.6 Å². The van der Waals surface area contributed by atoms with Crippen molar-refractivity contribution in [2.45, 2.75) is 13.5 Å². The quantitative estimate of drug-likeness (QED) is 0.368. The number of nitro groups is 1. The molecule has 136 valence electrons. The monoisotopic (exact) mass is 361 g/mol. The number of ether oxygens (including phenoxy) is 1. The molecule has 0 aliphatic carbocycles. The first kappa shape index (κ1) is 18.1. The van der Waals surface area contributed by atoms with E-state index in [1.165, 1.54) is 17.7 Å². The van der Waals surface area contributed by atoms with Crippen LogP contribution in [-0.4, -0.2) is 11.1 Å². The van der Waals surface area contributed by atoms with E-state index in [1.807, 2.05) is 24.3 Å². The van der Waals surface area contributed by atoms with Gasteiger partial charge in [0.25, 0.3) is 5.69 Å². The molecule has 0 unspecified atom stereocenters. The molecule has 0 saturated heterocycles. The number of anilines is 1. The predicted molar refractivity (Wildman–Crippen MR) is 106 cm³/mol.